The Kier molecular flexibility index (Phi) is 39.0. The van der Waals surface area contributed by atoms with Crippen molar-refractivity contribution in [2.24, 2.45) is 0 Å². The number of hydrogen-bond acceptors (Lipinski definition) is 9. The zero-order chi connectivity index (χ0) is 37.1. The summed E-state index contributed by atoms with van der Waals surface area (Å²) in [6.07, 6.45) is 30.1. The molecule has 0 aromatic heterocycles. The molecule has 0 aromatic carbocycles. The summed E-state index contributed by atoms with van der Waals surface area (Å²) in [5.74, 6) is -2.13. The quantitative estimate of drug-likeness (QED) is 0.0245. The number of hydrogen-bond donors (Lipinski definition) is 3. The molecule has 0 spiro atoms. The summed E-state index contributed by atoms with van der Waals surface area (Å²) in [5.41, 5.74) is 0. The minimum absolute atomic E-state index is 0. The third-order valence-corrected chi connectivity index (χ3v) is 9.53. The van der Waals surface area contributed by atoms with Gasteiger partial charge in [0.05, 0.1) is 6.61 Å². The Morgan fingerprint density at radius 1 is 0.588 bits per heavy atom. The van der Waals surface area contributed by atoms with Gasteiger partial charge in [0.1, 0.15) is 19.3 Å². The summed E-state index contributed by atoms with van der Waals surface area (Å²) in [6, 6.07) is -1.73. The predicted molar refractivity (Wildman–Crippen MR) is 196 cm³/mol. The molecule has 0 saturated carbocycles. The Balaban J connectivity index is 0. The summed E-state index contributed by atoms with van der Waals surface area (Å²) in [6.45, 7) is 2.67. The van der Waals surface area contributed by atoms with Crippen LogP contribution in [0.4, 0.5) is 0 Å². The van der Waals surface area contributed by atoms with E-state index in [0.717, 1.165) is 38.5 Å². The maximum absolute atomic E-state index is 12.6. The van der Waals surface area contributed by atoms with Crippen LogP contribution in [0.5, 0.6) is 0 Å². The number of esters is 3. The molecule has 0 aromatic rings. The van der Waals surface area contributed by atoms with Crippen molar-refractivity contribution in [2.75, 3.05) is 19.8 Å². The van der Waals surface area contributed by atoms with Crippen molar-refractivity contribution in [1.29, 1.82) is 0 Å². The Morgan fingerprint density at radius 2 is 0.922 bits per heavy atom. The summed E-state index contributed by atoms with van der Waals surface area (Å²) in [4.78, 5) is 57.3. The van der Waals surface area contributed by atoms with Gasteiger partial charge < -0.3 is 29.1 Å². The average molecular weight is 758 g/mol. The molecule has 3 atom stereocenters. The molecule has 13 heteroatoms. The van der Waals surface area contributed by atoms with Crippen LogP contribution in [0.2, 0.25) is 0 Å². The second kappa shape index (κ2) is 37.8. The molecule has 0 radical (unpaired) electrons. The van der Waals surface area contributed by atoms with Gasteiger partial charge in [-0.25, -0.2) is 5.09 Å². The first-order valence-corrected chi connectivity index (χ1v) is 21.6. The van der Waals surface area contributed by atoms with Crippen molar-refractivity contribution in [2.45, 2.75) is 206 Å². The van der Waals surface area contributed by atoms with Gasteiger partial charge in [-0.2, -0.15) is 0 Å². The summed E-state index contributed by atoms with van der Waals surface area (Å²) in [7, 11) is -5.07. The standard InChI is InChI=1S/C38H74NO10P.Na/c1-3-5-7-9-11-13-15-17-19-21-23-25-27-29-36(41)47-32-34(33-48-38(43)35(31-40)39-50(44,45)46)49-37(42)30-28-26-24-22-20-18-16-14-12-10-8-6-4-2;/h34-35,40H,3-33H2,1-2H3,(H3,39,44,45,46);/q;+1/p-1. The molecule has 0 aliphatic carbocycles. The number of aliphatic hydroxyl groups is 1. The van der Waals surface area contributed by atoms with E-state index in [-0.39, 0.29) is 49.0 Å². The number of ether oxygens (including phenoxy) is 3. The maximum Gasteiger partial charge on any atom is 1.00 e. The van der Waals surface area contributed by atoms with Crippen LogP contribution in [0, 0.1) is 0 Å². The zero-order valence-corrected chi connectivity index (χ0v) is 35.6. The van der Waals surface area contributed by atoms with E-state index in [1.807, 2.05) is 0 Å². The van der Waals surface area contributed by atoms with Crippen molar-refractivity contribution >= 4 is 25.7 Å². The van der Waals surface area contributed by atoms with Crippen molar-refractivity contribution in [3.63, 3.8) is 0 Å². The average Bonchev–Trinajstić information content (AvgIpc) is 3.08. The number of carbonyl (C=O) groups is 3. The van der Waals surface area contributed by atoms with Crippen molar-refractivity contribution < 1.29 is 77.6 Å². The van der Waals surface area contributed by atoms with Crippen molar-refractivity contribution in [1.82, 2.24) is 5.09 Å². The van der Waals surface area contributed by atoms with Crippen LogP contribution in [0.3, 0.4) is 0 Å². The van der Waals surface area contributed by atoms with E-state index in [9.17, 15) is 28.9 Å². The third kappa shape index (κ3) is 37.6. The molecule has 11 nitrogen and oxygen atoms in total. The molecule has 3 unspecified atom stereocenters. The molecule has 0 rings (SSSR count). The molecule has 0 heterocycles. The Morgan fingerprint density at radius 3 is 1.27 bits per heavy atom. The molecule has 3 N–H and O–H groups in total. The van der Waals surface area contributed by atoms with Crippen molar-refractivity contribution in [3.05, 3.63) is 0 Å². The summed E-state index contributed by atoms with van der Waals surface area (Å²) in [5, 5.41) is 10.9. The molecule has 296 valence electrons. The van der Waals surface area contributed by atoms with Gasteiger partial charge in [-0.1, -0.05) is 168 Å². The van der Waals surface area contributed by atoms with E-state index in [2.05, 4.69) is 13.8 Å². The molecule has 0 saturated heterocycles. The van der Waals surface area contributed by atoms with Crippen LogP contribution in [0.25, 0.3) is 0 Å². The van der Waals surface area contributed by atoms with Gasteiger partial charge in [0.25, 0.3) is 0 Å². The summed E-state index contributed by atoms with van der Waals surface area (Å²) < 4.78 is 26.9. The van der Waals surface area contributed by atoms with E-state index in [4.69, 9.17) is 19.1 Å². The minimum Gasteiger partial charge on any atom is -0.766 e. The van der Waals surface area contributed by atoms with Crippen LogP contribution < -0.4 is 39.5 Å². The molecule has 51 heavy (non-hydrogen) atoms. The normalized spacial score (nSPS) is 13.5. The fraction of sp³-hybridized carbons (Fsp3) is 0.921. The largest absolute Gasteiger partial charge is 1.00 e. The molecule has 0 aliphatic rings. The number of carbonyl (C=O) groups excluding carboxylic acids is 3. The first kappa shape index (κ1) is 52.6. The van der Waals surface area contributed by atoms with E-state index < -0.39 is 51.0 Å². The minimum atomic E-state index is -5.07. The van der Waals surface area contributed by atoms with Gasteiger partial charge in [0.2, 0.25) is 7.75 Å². The number of aliphatic hydroxyl groups excluding tert-OH is 1. The fourth-order valence-corrected chi connectivity index (χ4v) is 6.41. The molecular weight excluding hydrogens is 684 g/mol. The van der Waals surface area contributed by atoms with Gasteiger partial charge >= 0.3 is 47.5 Å². The number of nitrogens with one attached hydrogen (secondary N) is 1. The van der Waals surface area contributed by atoms with Gasteiger partial charge in [-0.05, 0) is 12.8 Å². The van der Waals surface area contributed by atoms with Crippen LogP contribution in [0.1, 0.15) is 194 Å². The van der Waals surface area contributed by atoms with Crippen LogP contribution in [-0.2, 0) is 33.2 Å². The third-order valence-electron chi connectivity index (χ3n) is 8.89. The van der Waals surface area contributed by atoms with Crippen LogP contribution in [-0.4, -0.2) is 59.9 Å². The van der Waals surface area contributed by atoms with Gasteiger partial charge in [0.15, 0.2) is 6.10 Å². The van der Waals surface area contributed by atoms with E-state index >= 15 is 0 Å². The Hall–Kier alpha value is -0.520. The Bertz CT molecular complexity index is 876. The molecular formula is C38H73NNaO10P. The van der Waals surface area contributed by atoms with Crippen LogP contribution >= 0.6 is 7.75 Å². The second-order valence-electron chi connectivity index (χ2n) is 13.8. The molecule has 0 fully saturated rings. The molecule has 0 aliphatic heterocycles. The maximum atomic E-state index is 12.6. The van der Waals surface area contributed by atoms with Gasteiger partial charge in [-0.3, -0.25) is 18.9 Å². The topological polar surface area (TPSA) is 172 Å². The van der Waals surface area contributed by atoms with E-state index in [0.29, 0.717) is 12.8 Å². The van der Waals surface area contributed by atoms with E-state index in [1.54, 1.807) is 5.09 Å². The number of unbranched alkanes of at least 4 members (excludes halogenated alkanes) is 24. The SMILES string of the molecule is CCCCCCCCCCCCCCCC(=O)OCC(COC(=O)C(CO)NP(=O)([O-])O)OC(=O)CCCCCCCCCCCCCCC.[Na+]. The smallest absolute Gasteiger partial charge is 0.766 e. The first-order chi connectivity index (χ1) is 24.1. The van der Waals surface area contributed by atoms with Gasteiger partial charge in [0, 0.05) is 12.8 Å². The number of rotatable bonds is 37. The predicted octanol–water partition coefficient (Wildman–Crippen LogP) is 5.36. The monoisotopic (exact) mass is 757 g/mol. The molecule has 0 amide bonds. The van der Waals surface area contributed by atoms with Gasteiger partial charge in [-0.15, -0.1) is 0 Å². The van der Waals surface area contributed by atoms with Crippen LogP contribution in [0.15, 0.2) is 0 Å². The fourth-order valence-electron chi connectivity index (χ4n) is 5.83. The first-order valence-electron chi connectivity index (χ1n) is 20.1. The van der Waals surface area contributed by atoms with E-state index in [1.165, 1.54) is 116 Å². The van der Waals surface area contributed by atoms with Crippen molar-refractivity contribution in [3.8, 4) is 0 Å². The Labute approximate surface area is 332 Å². The second-order valence-corrected chi connectivity index (χ2v) is 15.1. The molecule has 0 bridgehead atoms. The summed E-state index contributed by atoms with van der Waals surface area (Å²) >= 11 is 0. The zero-order valence-electron chi connectivity index (χ0n) is 32.7.